The molecule has 6 heteroatoms. The number of ether oxygens (including phenoxy) is 3. The average Bonchev–Trinajstić information content (AvgIpc) is 3.37. The fourth-order valence-corrected chi connectivity index (χ4v) is 8.47. The molecule has 0 bridgehead atoms. The number of hydrogen-bond acceptors (Lipinski definition) is 6. The second-order valence-electron chi connectivity index (χ2n) is 20.0. The van der Waals surface area contributed by atoms with Crippen LogP contribution in [0.5, 0.6) is 0 Å². The van der Waals surface area contributed by atoms with Gasteiger partial charge < -0.3 is 14.2 Å². The monoisotopic (exact) mass is 989 g/mol. The smallest absolute Gasteiger partial charge is 0.306 e. The van der Waals surface area contributed by atoms with Gasteiger partial charge in [-0.05, 0) is 77.0 Å². The first-order chi connectivity index (χ1) is 35.0. The second-order valence-corrected chi connectivity index (χ2v) is 20.0. The first-order valence-corrected chi connectivity index (χ1v) is 30.1. The van der Waals surface area contributed by atoms with E-state index in [2.05, 4.69) is 106 Å². The van der Waals surface area contributed by atoms with E-state index in [0.717, 1.165) is 103 Å². The molecule has 6 nitrogen and oxygen atoms in total. The molecule has 0 radical (unpaired) electrons. The van der Waals surface area contributed by atoms with Gasteiger partial charge in [-0.25, -0.2) is 0 Å². The molecule has 0 amide bonds. The molecule has 0 saturated heterocycles. The Bertz CT molecular complexity index is 1370. The summed E-state index contributed by atoms with van der Waals surface area (Å²) in [5, 5.41) is 0. The molecule has 0 heterocycles. The Hall–Kier alpha value is -3.41. The van der Waals surface area contributed by atoms with Crippen molar-refractivity contribution in [2.24, 2.45) is 0 Å². The van der Waals surface area contributed by atoms with Gasteiger partial charge in [0.05, 0.1) is 0 Å². The summed E-state index contributed by atoms with van der Waals surface area (Å²) in [5.74, 6) is -0.903. The molecule has 0 aromatic heterocycles. The summed E-state index contributed by atoms with van der Waals surface area (Å²) < 4.78 is 16.9. The highest BCUT2D eigenvalue weighted by molar-refractivity contribution is 5.71. The van der Waals surface area contributed by atoms with Crippen LogP contribution < -0.4 is 0 Å². The summed E-state index contributed by atoms with van der Waals surface area (Å²) in [5.41, 5.74) is 0. The Morgan fingerprint density at radius 1 is 0.310 bits per heavy atom. The highest BCUT2D eigenvalue weighted by atomic mass is 16.6. The van der Waals surface area contributed by atoms with Crippen LogP contribution in [0, 0.1) is 0 Å². The van der Waals surface area contributed by atoms with Crippen LogP contribution in [-0.4, -0.2) is 37.2 Å². The zero-order valence-corrected chi connectivity index (χ0v) is 46.7. The number of rotatable bonds is 54. The molecule has 0 N–H and O–H groups in total. The number of unbranched alkanes of at least 4 members (excludes halogenated alkanes) is 32. The molecule has 0 aromatic rings. The largest absolute Gasteiger partial charge is 0.462 e. The van der Waals surface area contributed by atoms with E-state index in [0.29, 0.717) is 19.3 Å². The molecule has 1 atom stereocenters. The van der Waals surface area contributed by atoms with Crippen molar-refractivity contribution in [1.29, 1.82) is 0 Å². The third-order valence-electron chi connectivity index (χ3n) is 13.0. The molecular formula is C65H112O6. The Morgan fingerprint density at radius 3 is 1.01 bits per heavy atom. The van der Waals surface area contributed by atoms with E-state index in [1.54, 1.807) is 0 Å². The summed E-state index contributed by atoms with van der Waals surface area (Å²) in [6.45, 7) is 6.50. The minimum absolute atomic E-state index is 0.0857. The average molecular weight is 990 g/mol. The summed E-state index contributed by atoms with van der Waals surface area (Å²) in [6.07, 6.45) is 77.1. The summed E-state index contributed by atoms with van der Waals surface area (Å²) in [7, 11) is 0. The Balaban J connectivity index is 4.43. The maximum Gasteiger partial charge on any atom is 0.306 e. The van der Waals surface area contributed by atoms with Crippen LogP contribution in [0.4, 0.5) is 0 Å². The molecule has 71 heavy (non-hydrogen) atoms. The summed E-state index contributed by atoms with van der Waals surface area (Å²) in [4.78, 5) is 38.3. The van der Waals surface area contributed by atoms with Gasteiger partial charge in [0.15, 0.2) is 6.10 Å². The van der Waals surface area contributed by atoms with Gasteiger partial charge in [-0.15, -0.1) is 0 Å². The molecule has 408 valence electrons. The lowest BCUT2D eigenvalue weighted by Crippen LogP contribution is -2.30. The van der Waals surface area contributed by atoms with Crippen molar-refractivity contribution < 1.29 is 28.6 Å². The molecule has 0 saturated carbocycles. The first-order valence-electron chi connectivity index (χ1n) is 30.1. The maximum atomic E-state index is 12.9. The van der Waals surface area contributed by atoms with Crippen LogP contribution in [-0.2, 0) is 28.6 Å². The molecular weight excluding hydrogens is 877 g/mol. The van der Waals surface area contributed by atoms with E-state index in [1.807, 2.05) is 0 Å². The fraction of sp³-hybridized carbons (Fsp3) is 0.738. The lowest BCUT2D eigenvalue weighted by molar-refractivity contribution is -0.167. The van der Waals surface area contributed by atoms with Crippen LogP contribution in [0.1, 0.15) is 290 Å². The number of carbonyl (C=O) groups is 3. The maximum absolute atomic E-state index is 12.9. The van der Waals surface area contributed by atoms with Crippen LogP contribution in [0.2, 0.25) is 0 Å². The van der Waals surface area contributed by atoms with Crippen molar-refractivity contribution in [3.63, 3.8) is 0 Å². The second kappa shape index (κ2) is 59.2. The van der Waals surface area contributed by atoms with Gasteiger partial charge in [0, 0.05) is 19.3 Å². The van der Waals surface area contributed by atoms with Gasteiger partial charge in [0.1, 0.15) is 13.2 Å². The first kappa shape index (κ1) is 67.6. The molecule has 0 aliphatic rings. The number of allylic oxidation sites excluding steroid dienone is 14. The Labute approximate surface area is 439 Å². The minimum Gasteiger partial charge on any atom is -0.462 e. The van der Waals surface area contributed by atoms with Crippen LogP contribution in [0.25, 0.3) is 0 Å². The molecule has 0 aliphatic carbocycles. The van der Waals surface area contributed by atoms with Gasteiger partial charge >= 0.3 is 17.9 Å². The predicted octanol–water partition coefficient (Wildman–Crippen LogP) is 20.3. The SMILES string of the molecule is CC/C=C\C/C=C\C/C=C\CCCCCCCCCCCC(=O)OCC(COC(=O)CCCCCCCCCCCCCCCCCC)OC(=O)CCCCCCC\C=C/C=C\C=C/C=C\CCCCC. The van der Waals surface area contributed by atoms with E-state index < -0.39 is 6.10 Å². The van der Waals surface area contributed by atoms with Gasteiger partial charge in [-0.2, -0.15) is 0 Å². The number of esters is 3. The Kier molecular flexibility index (Phi) is 56.3. The van der Waals surface area contributed by atoms with E-state index in [-0.39, 0.29) is 31.1 Å². The molecule has 0 aliphatic heterocycles. The highest BCUT2D eigenvalue weighted by Gasteiger charge is 2.19. The molecule has 0 spiro atoms. The third-order valence-corrected chi connectivity index (χ3v) is 13.0. The van der Waals surface area contributed by atoms with Gasteiger partial charge in [-0.3, -0.25) is 14.4 Å². The fourth-order valence-electron chi connectivity index (χ4n) is 8.47. The van der Waals surface area contributed by atoms with Crippen LogP contribution >= 0.6 is 0 Å². The van der Waals surface area contributed by atoms with Gasteiger partial charge in [0.2, 0.25) is 0 Å². The van der Waals surface area contributed by atoms with Crippen molar-refractivity contribution >= 4 is 17.9 Å². The Morgan fingerprint density at radius 2 is 0.606 bits per heavy atom. The summed E-state index contributed by atoms with van der Waals surface area (Å²) in [6, 6.07) is 0. The highest BCUT2D eigenvalue weighted by Crippen LogP contribution is 2.16. The van der Waals surface area contributed by atoms with Gasteiger partial charge in [-0.1, -0.05) is 279 Å². The van der Waals surface area contributed by atoms with Gasteiger partial charge in [0.25, 0.3) is 0 Å². The van der Waals surface area contributed by atoms with E-state index in [4.69, 9.17) is 14.2 Å². The van der Waals surface area contributed by atoms with Crippen molar-refractivity contribution in [2.45, 2.75) is 297 Å². The van der Waals surface area contributed by atoms with Crippen molar-refractivity contribution in [2.75, 3.05) is 13.2 Å². The lowest BCUT2D eigenvalue weighted by atomic mass is 10.0. The third kappa shape index (κ3) is 57.4. The van der Waals surface area contributed by atoms with E-state index in [1.165, 1.54) is 148 Å². The number of carbonyl (C=O) groups excluding carboxylic acids is 3. The number of hydrogen-bond donors (Lipinski definition) is 0. The normalized spacial score (nSPS) is 12.7. The lowest BCUT2D eigenvalue weighted by Gasteiger charge is -2.18. The molecule has 0 rings (SSSR count). The topological polar surface area (TPSA) is 78.9 Å². The minimum atomic E-state index is -0.791. The summed E-state index contributed by atoms with van der Waals surface area (Å²) >= 11 is 0. The van der Waals surface area contributed by atoms with E-state index >= 15 is 0 Å². The quantitative estimate of drug-likeness (QED) is 0.0199. The molecule has 0 fully saturated rings. The van der Waals surface area contributed by atoms with Crippen LogP contribution in [0.15, 0.2) is 85.1 Å². The molecule has 0 aromatic carbocycles. The van der Waals surface area contributed by atoms with E-state index in [9.17, 15) is 14.4 Å². The van der Waals surface area contributed by atoms with Crippen molar-refractivity contribution in [1.82, 2.24) is 0 Å². The standard InChI is InChI=1S/C65H112O6/c1-4-7-10-13-16-19-22-25-28-31-33-35-37-40-43-46-49-52-55-58-64(67)70-61-62(60-69-63(66)57-54-51-48-45-42-39-36-30-27-24-21-18-15-12-9-6-3)71-65(68)59-56-53-50-47-44-41-38-34-32-29-26-23-20-17-14-11-8-5-2/h7,10,16-17,19-20,23,25-26,28-29,32,34,38,62H,4-6,8-9,11-15,18,21-22,24,27,30-31,33,35-37,39-61H2,1-3H3/b10-7-,19-16-,20-17-,26-23-,28-25-,32-29-,38-34-. The van der Waals surface area contributed by atoms with Crippen molar-refractivity contribution in [3.05, 3.63) is 85.1 Å². The van der Waals surface area contributed by atoms with Crippen molar-refractivity contribution in [3.8, 4) is 0 Å². The molecule has 1 unspecified atom stereocenters. The zero-order chi connectivity index (χ0) is 51.4. The predicted molar refractivity (Wildman–Crippen MR) is 307 cm³/mol. The zero-order valence-electron chi connectivity index (χ0n) is 46.7. The van der Waals surface area contributed by atoms with Crippen LogP contribution in [0.3, 0.4) is 0 Å².